The van der Waals surface area contributed by atoms with Crippen LogP contribution in [0.2, 0.25) is 0 Å². The number of phenolic OH excluding ortho intramolecular Hbond substituents is 1. The standard InChI is InChI=1S/C15H16O2/c1-10-4-6-13(11(2)8-10)14-9-12(17-3)5-7-15(14)16/h4-9,16H,1-3H3. The van der Waals surface area contributed by atoms with Gasteiger partial charge >= 0.3 is 0 Å². The van der Waals surface area contributed by atoms with Crippen LogP contribution in [-0.2, 0) is 0 Å². The summed E-state index contributed by atoms with van der Waals surface area (Å²) >= 11 is 0. The molecular weight excluding hydrogens is 212 g/mol. The third-order valence-electron chi connectivity index (χ3n) is 2.88. The molecule has 0 radical (unpaired) electrons. The first-order chi connectivity index (χ1) is 8.11. The minimum absolute atomic E-state index is 0.276. The second-order valence-corrected chi connectivity index (χ2v) is 4.20. The molecule has 0 aliphatic rings. The van der Waals surface area contributed by atoms with Crippen LogP contribution in [0.25, 0.3) is 11.1 Å². The summed E-state index contributed by atoms with van der Waals surface area (Å²) < 4.78 is 5.18. The molecule has 88 valence electrons. The van der Waals surface area contributed by atoms with Crippen molar-refractivity contribution in [1.29, 1.82) is 0 Å². The highest BCUT2D eigenvalue weighted by Crippen LogP contribution is 2.34. The van der Waals surface area contributed by atoms with E-state index in [9.17, 15) is 5.11 Å². The molecule has 0 unspecified atom stereocenters. The SMILES string of the molecule is COc1ccc(O)c(-c2ccc(C)cc2C)c1. The van der Waals surface area contributed by atoms with Gasteiger partial charge in [0.05, 0.1) is 7.11 Å². The van der Waals surface area contributed by atoms with Crippen LogP contribution in [0.5, 0.6) is 11.5 Å². The van der Waals surface area contributed by atoms with Gasteiger partial charge in [0, 0.05) is 5.56 Å². The molecule has 2 aromatic rings. The minimum atomic E-state index is 0.276. The van der Waals surface area contributed by atoms with Gasteiger partial charge in [-0.05, 0) is 43.2 Å². The molecule has 2 aromatic carbocycles. The van der Waals surface area contributed by atoms with Gasteiger partial charge in [0.25, 0.3) is 0 Å². The third-order valence-corrected chi connectivity index (χ3v) is 2.88. The second kappa shape index (κ2) is 4.50. The fraction of sp³-hybridized carbons (Fsp3) is 0.200. The van der Waals surface area contributed by atoms with E-state index < -0.39 is 0 Å². The lowest BCUT2D eigenvalue weighted by Crippen LogP contribution is -1.88. The lowest BCUT2D eigenvalue weighted by Gasteiger charge is -2.10. The number of ether oxygens (including phenoxy) is 1. The summed E-state index contributed by atoms with van der Waals surface area (Å²) in [6.45, 7) is 4.10. The molecule has 0 heterocycles. The Morgan fingerprint density at radius 2 is 1.71 bits per heavy atom. The Balaban J connectivity index is 2.59. The Morgan fingerprint density at radius 1 is 0.941 bits per heavy atom. The highest BCUT2D eigenvalue weighted by molar-refractivity contribution is 5.74. The summed E-state index contributed by atoms with van der Waals surface area (Å²) in [7, 11) is 1.62. The molecule has 0 aromatic heterocycles. The Kier molecular flexibility index (Phi) is 3.05. The summed E-state index contributed by atoms with van der Waals surface area (Å²) in [5, 5.41) is 9.92. The zero-order chi connectivity index (χ0) is 12.4. The Morgan fingerprint density at radius 3 is 2.35 bits per heavy atom. The van der Waals surface area contributed by atoms with Gasteiger partial charge < -0.3 is 9.84 Å². The van der Waals surface area contributed by atoms with Crippen molar-refractivity contribution in [2.75, 3.05) is 7.11 Å². The van der Waals surface area contributed by atoms with Crippen LogP contribution in [0, 0.1) is 13.8 Å². The summed E-state index contributed by atoms with van der Waals surface area (Å²) in [5.74, 6) is 1.02. The zero-order valence-corrected chi connectivity index (χ0v) is 10.3. The first-order valence-corrected chi connectivity index (χ1v) is 5.56. The van der Waals surface area contributed by atoms with Crippen LogP contribution in [0.4, 0.5) is 0 Å². The first-order valence-electron chi connectivity index (χ1n) is 5.56. The summed E-state index contributed by atoms with van der Waals surface area (Å²) in [6.07, 6.45) is 0. The van der Waals surface area contributed by atoms with Crippen molar-refractivity contribution in [1.82, 2.24) is 0 Å². The number of aryl methyl sites for hydroxylation is 2. The maximum atomic E-state index is 9.92. The topological polar surface area (TPSA) is 29.5 Å². The fourth-order valence-electron chi connectivity index (χ4n) is 1.97. The molecule has 0 aliphatic carbocycles. The van der Waals surface area contributed by atoms with Gasteiger partial charge in [0.1, 0.15) is 11.5 Å². The van der Waals surface area contributed by atoms with E-state index >= 15 is 0 Å². The third kappa shape index (κ3) is 2.26. The zero-order valence-electron chi connectivity index (χ0n) is 10.3. The Labute approximate surface area is 101 Å². The van der Waals surface area contributed by atoms with Crippen molar-refractivity contribution in [3.05, 3.63) is 47.5 Å². The van der Waals surface area contributed by atoms with E-state index in [1.54, 1.807) is 19.2 Å². The smallest absolute Gasteiger partial charge is 0.123 e. The van der Waals surface area contributed by atoms with E-state index in [4.69, 9.17) is 4.74 Å². The van der Waals surface area contributed by atoms with Crippen LogP contribution in [0.15, 0.2) is 36.4 Å². The summed E-state index contributed by atoms with van der Waals surface area (Å²) in [4.78, 5) is 0. The highest BCUT2D eigenvalue weighted by atomic mass is 16.5. The van der Waals surface area contributed by atoms with Crippen molar-refractivity contribution in [2.45, 2.75) is 13.8 Å². The summed E-state index contributed by atoms with van der Waals surface area (Å²) in [5.41, 5.74) is 4.20. The van der Waals surface area contributed by atoms with E-state index in [-0.39, 0.29) is 5.75 Å². The lowest BCUT2D eigenvalue weighted by molar-refractivity contribution is 0.412. The Hall–Kier alpha value is -1.96. The number of aromatic hydroxyl groups is 1. The molecule has 0 amide bonds. The molecule has 2 nitrogen and oxygen atoms in total. The average Bonchev–Trinajstić information content (AvgIpc) is 2.30. The first kappa shape index (κ1) is 11.5. The van der Waals surface area contributed by atoms with Crippen LogP contribution in [-0.4, -0.2) is 12.2 Å². The second-order valence-electron chi connectivity index (χ2n) is 4.20. The van der Waals surface area contributed by atoms with Crippen LogP contribution < -0.4 is 4.74 Å². The number of hydrogen-bond donors (Lipinski definition) is 1. The fourth-order valence-corrected chi connectivity index (χ4v) is 1.97. The molecule has 2 rings (SSSR count). The van der Waals surface area contributed by atoms with Crippen LogP contribution >= 0.6 is 0 Å². The molecule has 0 atom stereocenters. The molecule has 0 saturated carbocycles. The van der Waals surface area contributed by atoms with E-state index in [1.165, 1.54) is 5.56 Å². The van der Waals surface area contributed by atoms with Gasteiger partial charge in [-0.25, -0.2) is 0 Å². The summed E-state index contributed by atoms with van der Waals surface area (Å²) in [6, 6.07) is 11.4. The van der Waals surface area contributed by atoms with E-state index in [0.29, 0.717) is 0 Å². The van der Waals surface area contributed by atoms with Crippen molar-refractivity contribution in [3.8, 4) is 22.6 Å². The predicted octanol–water partition coefficient (Wildman–Crippen LogP) is 3.68. The quantitative estimate of drug-likeness (QED) is 0.849. The largest absolute Gasteiger partial charge is 0.507 e. The number of hydrogen-bond acceptors (Lipinski definition) is 2. The van der Waals surface area contributed by atoms with E-state index in [0.717, 1.165) is 22.4 Å². The molecule has 0 saturated heterocycles. The number of methoxy groups -OCH3 is 1. The number of rotatable bonds is 2. The molecule has 0 bridgehead atoms. The molecular formula is C15H16O2. The van der Waals surface area contributed by atoms with Crippen molar-refractivity contribution in [3.63, 3.8) is 0 Å². The number of benzene rings is 2. The Bertz CT molecular complexity index is 545. The van der Waals surface area contributed by atoms with Gasteiger partial charge in [-0.3, -0.25) is 0 Å². The van der Waals surface area contributed by atoms with Crippen molar-refractivity contribution >= 4 is 0 Å². The minimum Gasteiger partial charge on any atom is -0.507 e. The maximum Gasteiger partial charge on any atom is 0.123 e. The van der Waals surface area contributed by atoms with E-state index in [2.05, 4.69) is 13.0 Å². The predicted molar refractivity (Wildman–Crippen MR) is 69.6 cm³/mol. The van der Waals surface area contributed by atoms with Crippen molar-refractivity contribution in [2.24, 2.45) is 0 Å². The van der Waals surface area contributed by atoms with Gasteiger partial charge in [-0.2, -0.15) is 0 Å². The highest BCUT2D eigenvalue weighted by Gasteiger charge is 2.08. The van der Waals surface area contributed by atoms with Gasteiger partial charge in [-0.1, -0.05) is 23.8 Å². The van der Waals surface area contributed by atoms with E-state index in [1.807, 2.05) is 25.1 Å². The van der Waals surface area contributed by atoms with Crippen molar-refractivity contribution < 1.29 is 9.84 Å². The normalized spacial score (nSPS) is 10.3. The maximum absolute atomic E-state index is 9.92. The lowest BCUT2D eigenvalue weighted by atomic mass is 9.98. The molecule has 1 N–H and O–H groups in total. The molecule has 0 aliphatic heterocycles. The van der Waals surface area contributed by atoms with Gasteiger partial charge in [0.2, 0.25) is 0 Å². The van der Waals surface area contributed by atoms with Gasteiger partial charge in [-0.15, -0.1) is 0 Å². The van der Waals surface area contributed by atoms with Crippen LogP contribution in [0.3, 0.4) is 0 Å². The molecule has 0 fully saturated rings. The molecule has 2 heteroatoms. The molecule has 17 heavy (non-hydrogen) atoms. The average molecular weight is 228 g/mol. The van der Waals surface area contributed by atoms with Crippen LogP contribution in [0.1, 0.15) is 11.1 Å². The number of phenols is 1. The van der Waals surface area contributed by atoms with Gasteiger partial charge in [0.15, 0.2) is 0 Å². The monoisotopic (exact) mass is 228 g/mol. The molecule has 0 spiro atoms.